The van der Waals surface area contributed by atoms with Crippen molar-refractivity contribution in [1.29, 1.82) is 0 Å². The second kappa shape index (κ2) is 8.24. The molecule has 0 radical (unpaired) electrons. The maximum atomic E-state index is 12.8. The molecule has 0 bridgehead atoms. The second-order valence-electron chi connectivity index (χ2n) is 7.41. The molecule has 0 saturated carbocycles. The van der Waals surface area contributed by atoms with Gasteiger partial charge in [0.15, 0.2) is 11.5 Å². The molecule has 0 fully saturated rings. The van der Waals surface area contributed by atoms with E-state index in [9.17, 15) is 18.7 Å². The number of ether oxygens (including phenoxy) is 4. The summed E-state index contributed by atoms with van der Waals surface area (Å²) >= 11 is 0. The number of cyclic esters (lactones) is 1. The van der Waals surface area contributed by atoms with E-state index in [1.54, 1.807) is 38.1 Å². The average Bonchev–Trinajstić information content (AvgIpc) is 3.06. The van der Waals surface area contributed by atoms with Gasteiger partial charge in [-0.2, -0.15) is 8.78 Å². The molecule has 2 aromatic carbocycles. The molecule has 1 aliphatic rings. The molecule has 0 unspecified atom stereocenters. The first-order valence-electron chi connectivity index (χ1n) is 8.95. The molecule has 1 N–H and O–H groups in total. The topological polar surface area (TPSA) is 74.2 Å². The average molecular weight is 408 g/mol. The number of esters is 1. The number of benzene rings is 2. The predicted molar refractivity (Wildman–Crippen MR) is 101 cm³/mol. The quantitative estimate of drug-likeness (QED) is 0.665. The molecular weight excluding hydrogens is 386 g/mol. The fourth-order valence-corrected chi connectivity index (χ4v) is 2.91. The zero-order valence-electron chi connectivity index (χ0n) is 16.3. The van der Waals surface area contributed by atoms with Gasteiger partial charge < -0.3 is 24.1 Å². The zero-order valence-corrected chi connectivity index (χ0v) is 16.3. The van der Waals surface area contributed by atoms with E-state index in [-0.39, 0.29) is 43.0 Å². The molecule has 8 heteroatoms. The molecule has 0 amide bonds. The van der Waals surface area contributed by atoms with Gasteiger partial charge in [0.25, 0.3) is 0 Å². The molecule has 2 aromatic rings. The number of hydrogen-bond acceptors (Lipinski definition) is 6. The van der Waals surface area contributed by atoms with Gasteiger partial charge in [-0.1, -0.05) is 19.9 Å². The lowest BCUT2D eigenvalue weighted by Gasteiger charge is -2.25. The molecule has 29 heavy (non-hydrogen) atoms. The van der Waals surface area contributed by atoms with Gasteiger partial charge in [-0.15, -0.1) is 0 Å². The number of methoxy groups -OCH3 is 1. The number of rotatable bonds is 8. The molecule has 3 rings (SSSR count). The van der Waals surface area contributed by atoms with Gasteiger partial charge >= 0.3 is 12.6 Å². The number of aliphatic hydroxyl groups is 1. The van der Waals surface area contributed by atoms with Crippen LogP contribution in [0.4, 0.5) is 8.78 Å². The monoisotopic (exact) mass is 408 g/mol. The van der Waals surface area contributed by atoms with Crippen molar-refractivity contribution in [3.05, 3.63) is 41.5 Å². The van der Waals surface area contributed by atoms with Crippen molar-refractivity contribution in [3.8, 4) is 28.4 Å². The van der Waals surface area contributed by atoms with Crippen molar-refractivity contribution < 1.29 is 37.6 Å². The molecule has 0 atom stereocenters. The van der Waals surface area contributed by atoms with Crippen LogP contribution in [0.25, 0.3) is 11.1 Å². The van der Waals surface area contributed by atoms with Crippen LogP contribution in [0.3, 0.4) is 0 Å². The first-order valence-corrected chi connectivity index (χ1v) is 8.95. The van der Waals surface area contributed by atoms with Crippen molar-refractivity contribution in [1.82, 2.24) is 0 Å². The zero-order chi connectivity index (χ0) is 21.2. The van der Waals surface area contributed by atoms with Gasteiger partial charge in [-0.05, 0) is 29.8 Å². The summed E-state index contributed by atoms with van der Waals surface area (Å²) in [5.41, 5.74) is 1.91. The molecule has 0 spiro atoms. The Morgan fingerprint density at radius 1 is 1.17 bits per heavy atom. The van der Waals surface area contributed by atoms with Gasteiger partial charge in [0.1, 0.15) is 6.61 Å². The summed E-state index contributed by atoms with van der Waals surface area (Å²) in [6.45, 7) is 0.723. The molecule has 0 aliphatic carbocycles. The van der Waals surface area contributed by atoms with Gasteiger partial charge in [0.05, 0.1) is 25.9 Å². The maximum absolute atomic E-state index is 12.8. The van der Waals surface area contributed by atoms with Crippen LogP contribution < -0.4 is 14.2 Å². The number of halogens is 2. The Balaban J connectivity index is 2.09. The summed E-state index contributed by atoms with van der Waals surface area (Å²) in [6.07, 6.45) is 0. The summed E-state index contributed by atoms with van der Waals surface area (Å²) in [6, 6.07) is 8.11. The summed E-state index contributed by atoms with van der Waals surface area (Å²) in [4.78, 5) is 11.7. The van der Waals surface area contributed by atoms with Gasteiger partial charge in [0.2, 0.25) is 5.75 Å². The van der Waals surface area contributed by atoms with E-state index in [0.717, 1.165) is 5.56 Å². The summed E-state index contributed by atoms with van der Waals surface area (Å²) < 4.78 is 46.5. The van der Waals surface area contributed by atoms with Crippen LogP contribution in [0.2, 0.25) is 0 Å². The highest BCUT2D eigenvalue weighted by molar-refractivity contribution is 5.94. The van der Waals surface area contributed by atoms with Crippen molar-refractivity contribution in [2.24, 2.45) is 5.41 Å². The van der Waals surface area contributed by atoms with E-state index >= 15 is 0 Å². The molecule has 1 heterocycles. The third-order valence-electron chi connectivity index (χ3n) is 4.53. The standard InChI is InChI=1S/C21H22F2O6/c1-21(2,10-24)11-28-17-14(6-7-16(18(17)26-3)29-20(22)23)12-4-5-15-13(8-12)9-27-19(15)25/h4-8,20,24H,9-11H2,1-3H3. The van der Waals surface area contributed by atoms with Crippen molar-refractivity contribution in [2.75, 3.05) is 20.3 Å². The predicted octanol–water partition coefficient (Wildman–Crippen LogP) is 4.03. The lowest BCUT2D eigenvalue weighted by molar-refractivity contribution is -0.0514. The van der Waals surface area contributed by atoms with Gasteiger partial charge in [0, 0.05) is 16.5 Å². The Bertz CT molecular complexity index is 910. The van der Waals surface area contributed by atoms with Gasteiger partial charge in [-0.3, -0.25) is 0 Å². The minimum atomic E-state index is -3.03. The van der Waals surface area contributed by atoms with E-state index in [4.69, 9.17) is 14.2 Å². The lowest BCUT2D eigenvalue weighted by atomic mass is 9.96. The molecule has 6 nitrogen and oxygen atoms in total. The van der Waals surface area contributed by atoms with Crippen LogP contribution >= 0.6 is 0 Å². The van der Waals surface area contributed by atoms with Crippen molar-refractivity contribution in [2.45, 2.75) is 27.1 Å². The number of carbonyl (C=O) groups is 1. The first-order chi connectivity index (χ1) is 13.8. The van der Waals surface area contributed by atoms with Crippen LogP contribution in [0.1, 0.15) is 29.8 Å². The fourth-order valence-electron chi connectivity index (χ4n) is 2.91. The van der Waals surface area contributed by atoms with Crippen LogP contribution in [0.5, 0.6) is 17.2 Å². The Kier molecular flexibility index (Phi) is 5.93. The fraction of sp³-hybridized carbons (Fsp3) is 0.381. The maximum Gasteiger partial charge on any atom is 0.387 e. The van der Waals surface area contributed by atoms with E-state index in [1.165, 1.54) is 13.2 Å². The highest BCUT2D eigenvalue weighted by Gasteiger charge is 2.26. The van der Waals surface area contributed by atoms with Crippen LogP contribution in [0, 0.1) is 5.41 Å². The molecular formula is C21H22F2O6. The van der Waals surface area contributed by atoms with Gasteiger partial charge in [-0.25, -0.2) is 4.79 Å². The number of alkyl halides is 2. The molecule has 1 aliphatic heterocycles. The van der Waals surface area contributed by atoms with E-state index < -0.39 is 12.0 Å². The Morgan fingerprint density at radius 2 is 1.90 bits per heavy atom. The Morgan fingerprint density at radius 3 is 2.55 bits per heavy atom. The normalized spacial score (nSPS) is 13.3. The highest BCUT2D eigenvalue weighted by atomic mass is 19.3. The third kappa shape index (κ3) is 4.42. The summed E-state index contributed by atoms with van der Waals surface area (Å²) in [5, 5.41) is 9.51. The summed E-state index contributed by atoms with van der Waals surface area (Å²) in [5.74, 6) is -0.324. The van der Waals surface area contributed by atoms with E-state index in [1.807, 2.05) is 0 Å². The van der Waals surface area contributed by atoms with Crippen molar-refractivity contribution >= 4 is 5.97 Å². The molecule has 0 aromatic heterocycles. The Hall–Kier alpha value is -2.87. The van der Waals surface area contributed by atoms with Crippen molar-refractivity contribution in [3.63, 3.8) is 0 Å². The highest BCUT2D eigenvalue weighted by Crippen LogP contribution is 2.46. The number of fused-ring (bicyclic) bond motifs is 1. The van der Waals surface area contributed by atoms with Crippen LogP contribution in [-0.4, -0.2) is 38.0 Å². The van der Waals surface area contributed by atoms with E-state index in [2.05, 4.69) is 4.74 Å². The SMILES string of the molecule is COc1c(OC(F)F)ccc(-c2ccc3c(c2)COC3=O)c1OCC(C)(C)CO. The number of aliphatic hydroxyl groups excluding tert-OH is 1. The minimum Gasteiger partial charge on any atom is -0.490 e. The van der Waals surface area contributed by atoms with Crippen LogP contribution in [0.15, 0.2) is 30.3 Å². The largest absolute Gasteiger partial charge is 0.490 e. The van der Waals surface area contributed by atoms with Crippen LogP contribution in [-0.2, 0) is 11.3 Å². The molecule has 156 valence electrons. The molecule has 0 saturated heterocycles. The number of carbonyl (C=O) groups excluding carboxylic acids is 1. The number of hydrogen-bond donors (Lipinski definition) is 1. The lowest BCUT2D eigenvalue weighted by Crippen LogP contribution is -2.25. The third-order valence-corrected chi connectivity index (χ3v) is 4.53. The van der Waals surface area contributed by atoms with E-state index in [0.29, 0.717) is 16.7 Å². The smallest absolute Gasteiger partial charge is 0.387 e. The first kappa shape index (κ1) is 20.9. The Labute approximate surface area is 167 Å². The summed E-state index contributed by atoms with van der Waals surface area (Å²) in [7, 11) is 1.33. The second-order valence-corrected chi connectivity index (χ2v) is 7.41. The minimum absolute atomic E-state index is 0.0179.